The van der Waals surface area contributed by atoms with Crippen molar-refractivity contribution in [2.75, 3.05) is 0 Å². The summed E-state index contributed by atoms with van der Waals surface area (Å²) in [6.45, 7) is 10.1. The van der Waals surface area contributed by atoms with Crippen molar-refractivity contribution in [3.8, 4) is 22.9 Å². The summed E-state index contributed by atoms with van der Waals surface area (Å²) in [5, 5.41) is 18.8. The van der Waals surface area contributed by atoms with Gasteiger partial charge in [-0.3, -0.25) is 5.10 Å². The lowest BCUT2D eigenvalue weighted by Gasteiger charge is -2.05. The molecule has 0 saturated carbocycles. The minimum absolute atomic E-state index is 0.0556. The second-order valence-corrected chi connectivity index (χ2v) is 7.68. The normalized spacial score (nSPS) is 11.1. The van der Waals surface area contributed by atoms with E-state index in [9.17, 15) is 0 Å². The van der Waals surface area contributed by atoms with Crippen LogP contribution in [0.5, 0.6) is 0 Å². The number of nitrogens with one attached hydrogen (secondary N) is 2. The Hall–Kier alpha value is -3.86. The average molecular weight is 452 g/mol. The smallest absolute Gasteiger partial charge is 0.218 e. The lowest BCUT2D eigenvalue weighted by Crippen LogP contribution is -2.12. The van der Waals surface area contributed by atoms with Crippen LogP contribution in [0.3, 0.4) is 0 Å². The number of hydrogen-bond donors (Lipinski definition) is 4. The zero-order chi connectivity index (χ0) is 24.5. The first kappa shape index (κ1) is 25.4. The fourth-order valence-corrected chi connectivity index (χ4v) is 2.80. The maximum Gasteiger partial charge on any atom is 0.218 e. The minimum Gasteiger partial charge on any atom is -0.382 e. The van der Waals surface area contributed by atoms with Crippen LogP contribution in [0.1, 0.15) is 39.7 Å². The molecule has 4 aromatic rings. The zero-order valence-corrected chi connectivity index (χ0v) is 20.0. The van der Waals surface area contributed by atoms with Crippen molar-refractivity contribution in [2.24, 2.45) is 23.5 Å². The first-order valence-electron chi connectivity index (χ1n) is 10.7. The van der Waals surface area contributed by atoms with Gasteiger partial charge in [0.2, 0.25) is 5.82 Å². The van der Waals surface area contributed by atoms with E-state index in [2.05, 4.69) is 44.1 Å². The molecule has 0 fully saturated rings. The van der Waals surface area contributed by atoms with E-state index in [1.54, 1.807) is 16.9 Å². The van der Waals surface area contributed by atoms with Gasteiger partial charge in [-0.1, -0.05) is 34.1 Å². The highest BCUT2D eigenvalue weighted by molar-refractivity contribution is 6.28. The Morgan fingerprint density at radius 3 is 2.48 bits per heavy atom. The largest absolute Gasteiger partial charge is 0.382 e. The Morgan fingerprint density at radius 1 is 1.30 bits per heavy atom. The van der Waals surface area contributed by atoms with Crippen LogP contribution in [-0.4, -0.2) is 52.4 Å². The van der Waals surface area contributed by atoms with Gasteiger partial charge in [0.05, 0.1) is 11.9 Å². The number of nitrogens with zero attached hydrogens (tertiary/aromatic N) is 7. The monoisotopic (exact) mass is 451 g/mol. The molecule has 4 aromatic heterocycles. The summed E-state index contributed by atoms with van der Waals surface area (Å²) in [6, 6.07) is 2.21. The molecule has 0 aromatic carbocycles. The second-order valence-electron chi connectivity index (χ2n) is 7.68. The molecule has 0 spiro atoms. The van der Waals surface area contributed by atoms with E-state index in [4.69, 9.17) is 16.9 Å². The fourth-order valence-electron chi connectivity index (χ4n) is 2.80. The Labute approximate surface area is 193 Å². The van der Waals surface area contributed by atoms with Crippen molar-refractivity contribution in [2.45, 2.75) is 47.1 Å². The number of H-pyrrole nitrogens is 1. The quantitative estimate of drug-likeness (QED) is 0.275. The van der Waals surface area contributed by atoms with Gasteiger partial charge >= 0.3 is 0 Å². The molecule has 33 heavy (non-hydrogen) atoms. The van der Waals surface area contributed by atoms with Crippen molar-refractivity contribution < 1.29 is 0 Å². The third kappa shape index (κ3) is 6.32. The number of rotatable bonds is 4. The highest BCUT2D eigenvalue weighted by Gasteiger charge is 2.18. The van der Waals surface area contributed by atoms with Crippen molar-refractivity contribution >= 4 is 23.4 Å². The number of nitrogens with two attached hydrogens (primary N) is 2. The number of aromatic amines is 1. The van der Waals surface area contributed by atoms with Gasteiger partial charge in [0.25, 0.3) is 0 Å². The maximum absolute atomic E-state index is 7.31. The van der Waals surface area contributed by atoms with Crippen LogP contribution in [0.4, 0.5) is 5.82 Å². The third-order valence-corrected chi connectivity index (χ3v) is 4.06. The molecule has 4 heterocycles. The molecule has 0 aliphatic heterocycles. The number of imidazole rings is 1. The van der Waals surface area contributed by atoms with Gasteiger partial charge in [0, 0.05) is 37.4 Å². The molecule has 0 unspecified atom stereocenters. The predicted molar refractivity (Wildman–Crippen MR) is 133 cm³/mol. The van der Waals surface area contributed by atoms with Crippen molar-refractivity contribution in [3.05, 3.63) is 36.4 Å². The van der Waals surface area contributed by atoms with Gasteiger partial charge in [0.15, 0.2) is 11.6 Å². The molecule has 176 valence electrons. The van der Waals surface area contributed by atoms with Gasteiger partial charge in [-0.05, 0) is 24.6 Å². The molecule has 4 rings (SSSR count). The molecule has 0 bridgehead atoms. The van der Waals surface area contributed by atoms with E-state index < -0.39 is 0 Å². The summed E-state index contributed by atoms with van der Waals surface area (Å²) in [5.41, 5.74) is 14.3. The second kappa shape index (κ2) is 11.7. The molecule has 6 N–H and O–H groups in total. The maximum atomic E-state index is 7.31. The van der Waals surface area contributed by atoms with Crippen LogP contribution >= 0.6 is 0 Å². The SMILES string of the molecule is CC(C)N.CCC.Cc1c(-c2ccn[nH]2)cn2nc(-c3nccn3C)nc(N=C(N)C=N)c12. The molecule has 11 heteroatoms. The lowest BCUT2D eigenvalue weighted by atomic mass is 10.1. The van der Waals surface area contributed by atoms with E-state index in [1.165, 1.54) is 6.42 Å². The summed E-state index contributed by atoms with van der Waals surface area (Å²) in [7, 11) is 1.86. The summed E-state index contributed by atoms with van der Waals surface area (Å²) < 4.78 is 3.53. The van der Waals surface area contributed by atoms with Crippen LogP contribution in [0.25, 0.3) is 28.4 Å². The van der Waals surface area contributed by atoms with Gasteiger partial charge < -0.3 is 21.4 Å². The van der Waals surface area contributed by atoms with Crippen LogP contribution in [0, 0.1) is 12.3 Å². The summed E-state index contributed by atoms with van der Waals surface area (Å²) in [6.07, 6.45) is 9.29. The van der Waals surface area contributed by atoms with Crippen LogP contribution in [-0.2, 0) is 7.05 Å². The molecule has 0 aliphatic carbocycles. The van der Waals surface area contributed by atoms with E-state index in [0.717, 1.165) is 23.0 Å². The summed E-state index contributed by atoms with van der Waals surface area (Å²) >= 11 is 0. The zero-order valence-electron chi connectivity index (χ0n) is 20.0. The van der Waals surface area contributed by atoms with Gasteiger partial charge in [-0.25, -0.2) is 19.5 Å². The molecular weight excluding hydrogens is 418 g/mol. The van der Waals surface area contributed by atoms with Crippen molar-refractivity contribution in [1.29, 1.82) is 5.41 Å². The van der Waals surface area contributed by atoms with Crippen LogP contribution in [0.15, 0.2) is 35.8 Å². The number of hydrogen-bond acceptors (Lipinski definition) is 7. The number of aryl methyl sites for hydroxylation is 2. The molecule has 0 aliphatic rings. The van der Waals surface area contributed by atoms with Crippen LogP contribution < -0.4 is 11.5 Å². The number of fused-ring (bicyclic) bond motifs is 1. The fraction of sp³-hybridized carbons (Fsp3) is 0.364. The summed E-state index contributed by atoms with van der Waals surface area (Å²) in [4.78, 5) is 13.1. The lowest BCUT2D eigenvalue weighted by molar-refractivity contribution is 0.834. The third-order valence-electron chi connectivity index (χ3n) is 4.06. The van der Waals surface area contributed by atoms with E-state index in [0.29, 0.717) is 29.0 Å². The topological polar surface area (TPSA) is 165 Å². The van der Waals surface area contributed by atoms with Crippen molar-refractivity contribution in [1.82, 2.24) is 34.3 Å². The van der Waals surface area contributed by atoms with E-state index >= 15 is 0 Å². The highest BCUT2D eigenvalue weighted by atomic mass is 15.3. The number of aromatic nitrogens is 7. The van der Waals surface area contributed by atoms with E-state index in [-0.39, 0.29) is 5.84 Å². The van der Waals surface area contributed by atoms with Gasteiger partial charge in [0.1, 0.15) is 11.4 Å². The standard InChI is InChI=1S/C16H16N10.C3H9N.C3H8/c1-9-10(11-3-4-20-23-11)8-26-13(9)14(21-12(18)7-17)22-15(24-26)16-19-5-6-25(16)2;1-3(2)4;1-3-2/h3-8,17H,1-2H3,(H,20,23)(H2,18,21,22,24);3H,4H2,1-2H3;3H2,1-2H3. The Bertz CT molecular complexity index is 1190. The highest BCUT2D eigenvalue weighted by Crippen LogP contribution is 2.32. The minimum atomic E-state index is 0.0556. The summed E-state index contributed by atoms with van der Waals surface area (Å²) in [5.74, 6) is 1.45. The van der Waals surface area contributed by atoms with Gasteiger partial charge in [-0.2, -0.15) is 5.10 Å². The molecule has 11 nitrogen and oxygen atoms in total. The number of amidine groups is 1. The first-order valence-corrected chi connectivity index (χ1v) is 10.7. The Kier molecular flexibility index (Phi) is 8.98. The molecular formula is C22H33N11. The van der Waals surface area contributed by atoms with Gasteiger partial charge in [-0.15, -0.1) is 5.10 Å². The first-order chi connectivity index (χ1) is 15.7. The Balaban J connectivity index is 0.000000489. The van der Waals surface area contributed by atoms with Crippen molar-refractivity contribution in [3.63, 3.8) is 0 Å². The number of aliphatic imine (C=N–C) groups is 1. The average Bonchev–Trinajstić information content (AvgIpc) is 3.48. The van der Waals surface area contributed by atoms with Crippen LogP contribution in [0.2, 0.25) is 0 Å². The molecule has 0 saturated heterocycles. The molecule has 0 radical (unpaired) electrons. The molecule has 0 atom stereocenters. The molecule has 0 amide bonds. The Morgan fingerprint density at radius 2 is 1.97 bits per heavy atom. The predicted octanol–water partition coefficient (Wildman–Crippen LogP) is 3.24. The van der Waals surface area contributed by atoms with E-state index in [1.807, 2.05) is 50.8 Å².